The van der Waals surface area contributed by atoms with E-state index >= 15 is 0 Å². The van der Waals surface area contributed by atoms with Gasteiger partial charge in [-0.25, -0.2) is 0 Å². The zero-order chi connectivity index (χ0) is 33.8. The number of aromatic hydroxyl groups is 2. The van der Waals surface area contributed by atoms with E-state index in [0.717, 1.165) is 83.0 Å². The van der Waals surface area contributed by atoms with E-state index in [0.29, 0.717) is 11.5 Å². The van der Waals surface area contributed by atoms with Gasteiger partial charge in [-0.3, -0.25) is 0 Å². The van der Waals surface area contributed by atoms with Crippen LogP contribution in [0.1, 0.15) is 167 Å². The van der Waals surface area contributed by atoms with Crippen molar-refractivity contribution in [1.82, 2.24) is 0 Å². The monoisotopic (exact) mass is 629 g/mol. The van der Waals surface area contributed by atoms with Gasteiger partial charge in [0.25, 0.3) is 0 Å². The van der Waals surface area contributed by atoms with Crippen molar-refractivity contribution < 1.29 is 23.8 Å². The summed E-state index contributed by atoms with van der Waals surface area (Å²) in [4.78, 5) is 0. The maximum absolute atomic E-state index is 13.3. The number of benzene rings is 2. The molecule has 0 aliphatic heterocycles. The molecule has 0 heterocycles. The van der Waals surface area contributed by atoms with Gasteiger partial charge in [-0.2, -0.15) is 0 Å². The smallest absolute Gasteiger partial charge is 0.507 e. The molecule has 248 valence electrons. The molecule has 2 rings (SSSR count). The van der Waals surface area contributed by atoms with E-state index in [9.17, 15) is 14.8 Å². The van der Waals surface area contributed by atoms with Crippen molar-refractivity contribution in [2.45, 2.75) is 170 Å². The van der Waals surface area contributed by atoms with Crippen molar-refractivity contribution in [2.24, 2.45) is 0 Å². The van der Waals surface area contributed by atoms with Crippen LogP contribution in [0.15, 0.2) is 12.1 Å². The lowest BCUT2D eigenvalue weighted by Crippen LogP contribution is -2.21. The molecule has 0 aliphatic rings. The first-order valence-electron chi connectivity index (χ1n) is 16.6. The largest absolute Gasteiger partial charge is 0.698 e. The van der Waals surface area contributed by atoms with Gasteiger partial charge in [0.05, 0.1) is 0 Å². The van der Waals surface area contributed by atoms with Gasteiger partial charge in [0.1, 0.15) is 24.7 Å². The van der Waals surface area contributed by atoms with Crippen molar-refractivity contribution in [3.63, 3.8) is 0 Å². The maximum atomic E-state index is 13.3. The fraction of sp³-hybridized carbons (Fsp3) is 0.684. The molecule has 44 heavy (non-hydrogen) atoms. The van der Waals surface area contributed by atoms with E-state index < -0.39 is 8.25 Å². The van der Waals surface area contributed by atoms with Crippen molar-refractivity contribution in [1.29, 1.82) is 0 Å². The van der Waals surface area contributed by atoms with Crippen molar-refractivity contribution >= 4 is 8.25 Å². The summed E-state index contributed by atoms with van der Waals surface area (Å²) in [5, 5.41) is 23.0. The van der Waals surface area contributed by atoms with Gasteiger partial charge < -0.3 is 10.2 Å². The highest BCUT2D eigenvalue weighted by Crippen LogP contribution is 2.46. The van der Waals surface area contributed by atoms with Crippen LogP contribution in [0.3, 0.4) is 0 Å². The van der Waals surface area contributed by atoms with Crippen LogP contribution < -0.4 is 0 Å². The lowest BCUT2D eigenvalue weighted by molar-refractivity contribution is 0.211. The van der Waals surface area contributed by atoms with E-state index in [1.807, 2.05) is 12.1 Å². The van der Waals surface area contributed by atoms with E-state index in [1.165, 1.54) is 0 Å². The van der Waals surface area contributed by atoms with Crippen LogP contribution in [0.2, 0.25) is 0 Å². The number of hydrogen-bond donors (Lipinski definition) is 2. The fourth-order valence-electron chi connectivity index (χ4n) is 6.11. The highest BCUT2D eigenvalue weighted by atomic mass is 31.1. The SMILES string of the molecule is CCCCc1c(CO[P+](=O)OCc2cc(C(C)(C)C)c(O)c(C(C)(C)C)c2CCCC)cc(C(C)(C)C)c(O)c1C(C)(C)C. The predicted molar refractivity (Wildman–Crippen MR) is 185 cm³/mol. The number of unbranched alkanes of at least 4 members (excludes halogenated alkanes) is 2. The summed E-state index contributed by atoms with van der Waals surface area (Å²) in [7, 11) is -2.42. The van der Waals surface area contributed by atoms with Crippen molar-refractivity contribution in [2.75, 3.05) is 0 Å². The second kappa shape index (κ2) is 14.7. The fourth-order valence-corrected chi connectivity index (χ4v) is 6.68. The summed E-state index contributed by atoms with van der Waals surface area (Å²) in [6, 6.07) is 4.07. The number of phenols is 2. The minimum atomic E-state index is -2.42. The zero-order valence-electron chi connectivity index (χ0n) is 30.4. The Morgan fingerprint density at radius 3 is 1.16 bits per heavy atom. The van der Waals surface area contributed by atoms with Crippen molar-refractivity contribution in [3.05, 3.63) is 56.6 Å². The molecular weight excluding hydrogens is 567 g/mol. The van der Waals surface area contributed by atoms with Gasteiger partial charge in [-0.15, -0.1) is 9.05 Å². The second-order valence-corrected chi connectivity index (χ2v) is 17.5. The van der Waals surface area contributed by atoms with Gasteiger partial charge >= 0.3 is 8.25 Å². The normalized spacial score (nSPS) is 13.0. The van der Waals surface area contributed by atoms with E-state index in [2.05, 4.69) is 96.9 Å². The molecule has 0 bridgehead atoms. The molecule has 6 heteroatoms. The topological polar surface area (TPSA) is 76.0 Å². The third-order valence-electron chi connectivity index (χ3n) is 8.33. The van der Waals surface area contributed by atoms with E-state index in [4.69, 9.17) is 9.05 Å². The maximum Gasteiger partial charge on any atom is 0.698 e. The first kappa shape index (κ1) is 38.2. The molecule has 2 N–H and O–H groups in total. The molecule has 0 amide bonds. The summed E-state index contributed by atoms with van der Waals surface area (Å²) in [5.41, 5.74) is 6.61. The standard InChI is InChI=1S/C38H61O5P/c1-15-17-19-27-25(21-29(35(3,4)5)33(39)31(27)37(9,10)11)23-42-44(41)43-24-26-22-30(36(6,7)8)34(40)32(38(12,13)14)28(26)20-18-16-2/h21-22H,15-20,23-24H2,1-14H3,(H-,39,40)/p+1. The highest BCUT2D eigenvalue weighted by Gasteiger charge is 2.34. The van der Waals surface area contributed by atoms with Crippen LogP contribution in [0.5, 0.6) is 11.5 Å². The Kier molecular flexibility index (Phi) is 12.7. The molecule has 0 saturated carbocycles. The second-order valence-electron chi connectivity index (χ2n) is 16.5. The third kappa shape index (κ3) is 9.54. The molecular formula is C38H62O5P+. The predicted octanol–water partition coefficient (Wildman–Crippen LogP) is 11.4. The van der Waals surface area contributed by atoms with Gasteiger partial charge in [-0.05, 0) is 92.9 Å². The van der Waals surface area contributed by atoms with Crippen molar-refractivity contribution in [3.8, 4) is 11.5 Å². The molecule has 0 spiro atoms. The Bertz CT molecular complexity index is 1200. The first-order chi connectivity index (χ1) is 20.1. The Morgan fingerprint density at radius 2 is 0.909 bits per heavy atom. The van der Waals surface area contributed by atoms with Gasteiger partial charge in [-0.1, -0.05) is 110 Å². The van der Waals surface area contributed by atoms with Gasteiger partial charge in [0.15, 0.2) is 0 Å². The van der Waals surface area contributed by atoms with Crippen LogP contribution in [0.25, 0.3) is 0 Å². The van der Waals surface area contributed by atoms with Crippen LogP contribution in [-0.4, -0.2) is 10.2 Å². The van der Waals surface area contributed by atoms with Crippen LogP contribution in [-0.2, 0) is 61.3 Å². The number of hydrogen-bond acceptors (Lipinski definition) is 5. The lowest BCUT2D eigenvalue weighted by Gasteiger charge is -2.31. The van der Waals surface area contributed by atoms with Crippen LogP contribution >= 0.6 is 8.25 Å². The molecule has 5 nitrogen and oxygen atoms in total. The molecule has 0 atom stereocenters. The summed E-state index contributed by atoms with van der Waals surface area (Å²) in [6.45, 7) is 30.0. The molecule has 0 unspecified atom stereocenters. The number of phenolic OH excluding ortho intramolecular Hbond substituents is 2. The Morgan fingerprint density at radius 1 is 0.591 bits per heavy atom. The average molecular weight is 630 g/mol. The average Bonchev–Trinajstić information content (AvgIpc) is 2.86. The molecule has 2 aromatic rings. The summed E-state index contributed by atoms with van der Waals surface area (Å²) >= 11 is 0. The molecule has 0 fully saturated rings. The minimum absolute atomic E-state index is 0.138. The Labute approximate surface area is 270 Å². The third-order valence-corrected chi connectivity index (χ3v) is 9.01. The quantitative estimate of drug-likeness (QED) is 0.228. The Balaban J connectivity index is 2.50. The van der Waals surface area contributed by atoms with Crippen LogP contribution in [0, 0.1) is 0 Å². The summed E-state index contributed by atoms with van der Waals surface area (Å²) in [6.07, 6.45) is 5.67. The number of rotatable bonds is 12. The van der Waals surface area contributed by atoms with E-state index in [-0.39, 0.29) is 34.9 Å². The van der Waals surface area contributed by atoms with E-state index in [1.54, 1.807) is 0 Å². The molecule has 0 aromatic heterocycles. The molecule has 2 aromatic carbocycles. The molecule has 0 radical (unpaired) electrons. The van der Waals surface area contributed by atoms with Crippen LogP contribution in [0.4, 0.5) is 0 Å². The Hall–Kier alpha value is -1.94. The zero-order valence-corrected chi connectivity index (χ0v) is 31.3. The minimum Gasteiger partial charge on any atom is -0.507 e. The summed E-state index contributed by atoms with van der Waals surface area (Å²) < 4.78 is 25.2. The molecule has 0 saturated heterocycles. The first-order valence-corrected chi connectivity index (χ1v) is 17.7. The van der Waals surface area contributed by atoms with Gasteiger partial charge in [0, 0.05) is 15.7 Å². The lowest BCUT2D eigenvalue weighted by atomic mass is 9.75. The highest BCUT2D eigenvalue weighted by molar-refractivity contribution is 7.33. The van der Waals surface area contributed by atoms with Gasteiger partial charge in [0.2, 0.25) is 0 Å². The summed E-state index contributed by atoms with van der Waals surface area (Å²) in [5.74, 6) is 0.716. The molecule has 0 aliphatic carbocycles.